The van der Waals surface area contributed by atoms with E-state index in [1.165, 1.54) is 6.42 Å². The highest BCUT2D eigenvalue weighted by molar-refractivity contribution is 5.13. The Kier molecular flexibility index (Phi) is 3.86. The van der Waals surface area contributed by atoms with Crippen LogP contribution in [-0.2, 0) is 0 Å². The average molecular weight is 222 g/mol. The summed E-state index contributed by atoms with van der Waals surface area (Å²) in [4.78, 5) is 0. The predicted octanol–water partition coefficient (Wildman–Crippen LogP) is 2.70. The van der Waals surface area contributed by atoms with Gasteiger partial charge in [0.2, 0.25) is 0 Å². The van der Waals surface area contributed by atoms with Gasteiger partial charge in [-0.25, -0.2) is 0 Å². The average Bonchev–Trinajstić information content (AvgIpc) is 2.29. The molecule has 0 radical (unpaired) electrons. The first-order valence-electron chi connectivity index (χ1n) is 6.57. The van der Waals surface area contributed by atoms with Crippen LogP contribution in [0.1, 0.15) is 57.8 Å². The van der Waals surface area contributed by atoms with Crippen molar-refractivity contribution in [2.45, 2.75) is 69.5 Å². The second-order valence-electron chi connectivity index (χ2n) is 5.24. The maximum Gasteiger partial charge on any atom is 0.0901 e. The number of hydrogen-bond donors (Lipinski definition) is 2. The van der Waals surface area contributed by atoms with Crippen molar-refractivity contribution in [3.05, 3.63) is 17.4 Å². The first-order chi connectivity index (χ1) is 7.70. The van der Waals surface area contributed by atoms with Crippen LogP contribution in [0.2, 0.25) is 0 Å². The van der Waals surface area contributed by atoms with Crippen molar-refractivity contribution in [3.63, 3.8) is 0 Å². The largest absolute Gasteiger partial charge is 0.388 e. The highest BCUT2D eigenvalue weighted by Gasteiger charge is 2.26. The SMILES string of the molecule is OC1CCCCC1=C=CC1(O)CCCCC1. The van der Waals surface area contributed by atoms with Crippen molar-refractivity contribution < 1.29 is 10.2 Å². The minimum atomic E-state index is -0.650. The maximum absolute atomic E-state index is 10.3. The standard InChI is InChI=1S/C14H22O2/c15-13-7-3-2-6-12(13)8-11-14(16)9-4-1-5-10-14/h11,13,15-16H,1-7,9-10H2. The van der Waals surface area contributed by atoms with Gasteiger partial charge in [0.1, 0.15) is 0 Å². The quantitative estimate of drug-likeness (QED) is 0.670. The van der Waals surface area contributed by atoms with Crippen LogP contribution >= 0.6 is 0 Å². The number of hydrogen-bond acceptors (Lipinski definition) is 2. The predicted molar refractivity (Wildman–Crippen MR) is 64.1 cm³/mol. The van der Waals surface area contributed by atoms with Crippen molar-refractivity contribution in [1.82, 2.24) is 0 Å². The van der Waals surface area contributed by atoms with Gasteiger partial charge in [-0.2, -0.15) is 0 Å². The summed E-state index contributed by atoms with van der Waals surface area (Å²) in [5.41, 5.74) is 3.51. The molecule has 2 fully saturated rings. The minimum absolute atomic E-state index is 0.322. The van der Waals surface area contributed by atoms with Crippen LogP contribution in [0.3, 0.4) is 0 Å². The Bertz CT molecular complexity index is 294. The van der Waals surface area contributed by atoms with Gasteiger partial charge in [-0.15, -0.1) is 5.73 Å². The Hall–Kier alpha value is -0.560. The molecular weight excluding hydrogens is 200 g/mol. The zero-order valence-electron chi connectivity index (χ0n) is 9.91. The first-order valence-corrected chi connectivity index (χ1v) is 6.57. The van der Waals surface area contributed by atoms with Gasteiger partial charge in [-0.3, -0.25) is 0 Å². The van der Waals surface area contributed by atoms with Gasteiger partial charge < -0.3 is 10.2 Å². The normalized spacial score (nSPS) is 29.6. The second-order valence-corrected chi connectivity index (χ2v) is 5.24. The molecule has 2 rings (SSSR count). The Morgan fingerprint density at radius 1 is 1.12 bits per heavy atom. The van der Waals surface area contributed by atoms with E-state index in [1.54, 1.807) is 0 Å². The summed E-state index contributed by atoms with van der Waals surface area (Å²) in [7, 11) is 0. The van der Waals surface area contributed by atoms with Gasteiger partial charge in [-0.05, 0) is 43.8 Å². The fourth-order valence-corrected chi connectivity index (χ4v) is 2.70. The first kappa shape index (κ1) is 11.9. The van der Waals surface area contributed by atoms with E-state index in [2.05, 4.69) is 5.73 Å². The zero-order chi connectivity index (χ0) is 11.4. The molecule has 2 N–H and O–H groups in total. The molecule has 2 nitrogen and oxygen atoms in total. The van der Waals surface area contributed by atoms with E-state index in [-0.39, 0.29) is 6.10 Å². The second kappa shape index (κ2) is 5.18. The van der Waals surface area contributed by atoms with Gasteiger partial charge in [0.15, 0.2) is 0 Å². The van der Waals surface area contributed by atoms with Crippen LogP contribution in [0, 0.1) is 0 Å². The van der Waals surface area contributed by atoms with Gasteiger partial charge in [0, 0.05) is 0 Å². The fraction of sp³-hybridized carbons (Fsp3) is 0.786. The zero-order valence-corrected chi connectivity index (χ0v) is 9.91. The molecular formula is C14H22O2. The molecule has 0 bridgehead atoms. The van der Waals surface area contributed by atoms with Crippen LogP contribution < -0.4 is 0 Å². The van der Waals surface area contributed by atoms with E-state index in [4.69, 9.17) is 0 Å². The molecule has 0 heterocycles. The topological polar surface area (TPSA) is 40.5 Å². The molecule has 0 amide bonds. The Morgan fingerprint density at radius 3 is 2.56 bits per heavy atom. The molecule has 2 aliphatic rings. The highest BCUT2D eigenvalue weighted by Crippen LogP contribution is 2.29. The Balaban J connectivity index is 2.07. The summed E-state index contributed by atoms with van der Waals surface area (Å²) in [5.74, 6) is 0. The summed E-state index contributed by atoms with van der Waals surface area (Å²) in [6.45, 7) is 0. The summed E-state index contributed by atoms with van der Waals surface area (Å²) in [6, 6.07) is 0. The molecule has 0 saturated heterocycles. The number of aliphatic hydroxyl groups excluding tert-OH is 1. The third kappa shape index (κ3) is 2.98. The third-order valence-corrected chi connectivity index (χ3v) is 3.82. The van der Waals surface area contributed by atoms with E-state index >= 15 is 0 Å². The van der Waals surface area contributed by atoms with Gasteiger partial charge in [0.25, 0.3) is 0 Å². The molecule has 0 aromatic heterocycles. The van der Waals surface area contributed by atoms with E-state index in [9.17, 15) is 10.2 Å². The lowest BCUT2D eigenvalue weighted by molar-refractivity contribution is 0.0514. The van der Waals surface area contributed by atoms with Crippen LogP contribution in [-0.4, -0.2) is 21.9 Å². The lowest BCUT2D eigenvalue weighted by Crippen LogP contribution is -2.28. The molecule has 0 aromatic carbocycles. The lowest BCUT2D eigenvalue weighted by atomic mass is 9.84. The van der Waals surface area contributed by atoms with E-state index in [0.29, 0.717) is 0 Å². The Labute approximate surface area is 97.7 Å². The van der Waals surface area contributed by atoms with E-state index < -0.39 is 5.60 Å². The molecule has 2 saturated carbocycles. The van der Waals surface area contributed by atoms with E-state index in [1.807, 2.05) is 6.08 Å². The molecule has 0 aromatic rings. The molecule has 1 unspecified atom stereocenters. The van der Waals surface area contributed by atoms with Crippen LogP contribution in [0.25, 0.3) is 0 Å². The van der Waals surface area contributed by atoms with Crippen molar-refractivity contribution in [1.29, 1.82) is 0 Å². The van der Waals surface area contributed by atoms with Gasteiger partial charge in [-0.1, -0.05) is 25.7 Å². The Morgan fingerprint density at radius 2 is 1.88 bits per heavy atom. The molecule has 16 heavy (non-hydrogen) atoms. The maximum atomic E-state index is 10.3. The smallest absolute Gasteiger partial charge is 0.0901 e. The van der Waals surface area contributed by atoms with Crippen LogP contribution in [0.4, 0.5) is 0 Å². The van der Waals surface area contributed by atoms with Gasteiger partial charge in [0.05, 0.1) is 11.7 Å². The lowest BCUT2D eigenvalue weighted by Gasteiger charge is -2.28. The minimum Gasteiger partial charge on any atom is -0.388 e. The number of rotatable bonds is 1. The van der Waals surface area contributed by atoms with Gasteiger partial charge >= 0.3 is 0 Å². The third-order valence-electron chi connectivity index (χ3n) is 3.82. The van der Waals surface area contributed by atoms with Crippen molar-refractivity contribution in [2.24, 2.45) is 0 Å². The molecule has 1 atom stereocenters. The molecule has 90 valence electrons. The number of aliphatic hydroxyl groups is 2. The summed E-state index contributed by atoms with van der Waals surface area (Å²) in [6.07, 6.45) is 10.7. The van der Waals surface area contributed by atoms with Crippen molar-refractivity contribution >= 4 is 0 Å². The van der Waals surface area contributed by atoms with Crippen molar-refractivity contribution in [2.75, 3.05) is 0 Å². The van der Waals surface area contributed by atoms with E-state index in [0.717, 1.165) is 56.9 Å². The fourth-order valence-electron chi connectivity index (χ4n) is 2.70. The molecule has 2 heteroatoms. The van der Waals surface area contributed by atoms with Crippen LogP contribution in [0.5, 0.6) is 0 Å². The highest BCUT2D eigenvalue weighted by atomic mass is 16.3. The summed E-state index contributed by atoms with van der Waals surface area (Å²) >= 11 is 0. The molecule has 0 spiro atoms. The monoisotopic (exact) mass is 222 g/mol. The summed E-state index contributed by atoms with van der Waals surface area (Å²) in [5, 5.41) is 20.1. The van der Waals surface area contributed by atoms with Crippen molar-refractivity contribution in [3.8, 4) is 0 Å². The molecule has 2 aliphatic carbocycles. The van der Waals surface area contributed by atoms with Crippen LogP contribution in [0.15, 0.2) is 17.4 Å². The summed E-state index contributed by atoms with van der Waals surface area (Å²) < 4.78 is 0. The molecule has 0 aliphatic heterocycles.